The molecule has 4 nitrogen and oxygen atoms in total. The van der Waals surface area contributed by atoms with Gasteiger partial charge in [0.15, 0.2) is 11.5 Å². The number of piperazine rings is 1. The van der Waals surface area contributed by atoms with Crippen LogP contribution in [0.3, 0.4) is 0 Å². The molecule has 0 radical (unpaired) electrons. The minimum atomic E-state index is 0. The Kier molecular flexibility index (Phi) is 6.17. The number of benzene rings is 1. The van der Waals surface area contributed by atoms with Crippen LogP contribution in [0.4, 0.5) is 0 Å². The Morgan fingerprint density at radius 3 is 2.95 bits per heavy atom. The van der Waals surface area contributed by atoms with Crippen LogP contribution in [0, 0.1) is 0 Å². The zero-order chi connectivity index (χ0) is 13.9. The van der Waals surface area contributed by atoms with Gasteiger partial charge in [-0.25, -0.2) is 0 Å². The standard InChI is InChI=1S/C15H21BrN2O2.ClH/c1-11-9-18(4-3-17-11)10-12-7-13(16)15-14(8-12)19-5-2-6-20-15;/h7-8,11,17H,2-6,9-10H2,1H3;1H/t11-;/m1./s1. The minimum Gasteiger partial charge on any atom is -0.490 e. The van der Waals surface area contributed by atoms with Crippen LogP contribution < -0.4 is 14.8 Å². The van der Waals surface area contributed by atoms with Crippen molar-refractivity contribution in [2.45, 2.75) is 25.9 Å². The van der Waals surface area contributed by atoms with Crippen molar-refractivity contribution in [2.24, 2.45) is 0 Å². The van der Waals surface area contributed by atoms with Crippen LogP contribution in [0.25, 0.3) is 0 Å². The monoisotopic (exact) mass is 376 g/mol. The van der Waals surface area contributed by atoms with Gasteiger partial charge in [0.2, 0.25) is 0 Å². The number of ether oxygens (including phenoxy) is 2. The number of nitrogens with zero attached hydrogens (tertiary/aromatic N) is 1. The van der Waals surface area contributed by atoms with Crippen LogP contribution in [-0.2, 0) is 6.54 Å². The Labute approximate surface area is 140 Å². The quantitative estimate of drug-likeness (QED) is 0.859. The molecule has 2 heterocycles. The van der Waals surface area contributed by atoms with Crippen LogP contribution in [0.15, 0.2) is 16.6 Å². The average molecular weight is 378 g/mol. The van der Waals surface area contributed by atoms with Crippen molar-refractivity contribution < 1.29 is 9.47 Å². The van der Waals surface area contributed by atoms with E-state index in [1.807, 2.05) is 0 Å². The number of rotatable bonds is 2. The first-order valence-electron chi connectivity index (χ1n) is 7.26. The van der Waals surface area contributed by atoms with Crippen molar-refractivity contribution in [3.05, 3.63) is 22.2 Å². The van der Waals surface area contributed by atoms with Crippen molar-refractivity contribution in [1.82, 2.24) is 10.2 Å². The lowest BCUT2D eigenvalue weighted by atomic mass is 10.1. The van der Waals surface area contributed by atoms with E-state index in [0.717, 1.165) is 61.8 Å². The summed E-state index contributed by atoms with van der Waals surface area (Å²) in [4.78, 5) is 2.48. The SMILES string of the molecule is C[C@@H]1CN(Cc2cc(Br)c3c(c2)OCCCO3)CCN1.Cl. The van der Waals surface area contributed by atoms with Gasteiger partial charge >= 0.3 is 0 Å². The van der Waals surface area contributed by atoms with E-state index >= 15 is 0 Å². The van der Waals surface area contributed by atoms with Gasteiger partial charge in [-0.15, -0.1) is 12.4 Å². The summed E-state index contributed by atoms with van der Waals surface area (Å²) >= 11 is 3.61. The maximum absolute atomic E-state index is 5.79. The van der Waals surface area contributed by atoms with Gasteiger partial charge in [-0.05, 0) is 40.5 Å². The van der Waals surface area contributed by atoms with Gasteiger partial charge in [-0.2, -0.15) is 0 Å². The molecular weight excluding hydrogens is 356 g/mol. The van der Waals surface area contributed by atoms with Crippen LogP contribution in [0.1, 0.15) is 18.9 Å². The lowest BCUT2D eigenvalue weighted by Crippen LogP contribution is -2.48. The fraction of sp³-hybridized carbons (Fsp3) is 0.600. The number of hydrogen-bond acceptors (Lipinski definition) is 4. The van der Waals surface area contributed by atoms with Gasteiger partial charge in [-0.3, -0.25) is 4.90 Å². The second kappa shape index (κ2) is 7.68. The highest BCUT2D eigenvalue weighted by atomic mass is 79.9. The van der Waals surface area contributed by atoms with E-state index in [1.54, 1.807) is 0 Å². The maximum Gasteiger partial charge on any atom is 0.175 e. The summed E-state index contributed by atoms with van der Waals surface area (Å²) in [6, 6.07) is 4.84. The molecule has 2 aliphatic rings. The second-order valence-corrected chi connectivity index (χ2v) is 6.40. The number of halogens is 2. The lowest BCUT2D eigenvalue weighted by Gasteiger charge is -2.32. The Bertz CT molecular complexity index is 487. The van der Waals surface area contributed by atoms with Crippen LogP contribution in [0.2, 0.25) is 0 Å². The van der Waals surface area contributed by atoms with Gasteiger partial charge in [0.1, 0.15) is 0 Å². The largest absolute Gasteiger partial charge is 0.490 e. The van der Waals surface area contributed by atoms with Crippen molar-refractivity contribution >= 4 is 28.3 Å². The molecule has 118 valence electrons. The Balaban J connectivity index is 0.00000161. The topological polar surface area (TPSA) is 33.7 Å². The van der Waals surface area contributed by atoms with E-state index in [1.165, 1.54) is 5.56 Å². The summed E-state index contributed by atoms with van der Waals surface area (Å²) in [6.45, 7) is 7.89. The van der Waals surface area contributed by atoms with Gasteiger partial charge in [-0.1, -0.05) is 0 Å². The van der Waals surface area contributed by atoms with Gasteiger partial charge in [0.25, 0.3) is 0 Å². The maximum atomic E-state index is 5.79. The second-order valence-electron chi connectivity index (χ2n) is 5.55. The number of hydrogen-bond donors (Lipinski definition) is 1. The van der Waals surface area contributed by atoms with E-state index in [4.69, 9.17) is 9.47 Å². The van der Waals surface area contributed by atoms with E-state index in [-0.39, 0.29) is 12.4 Å². The molecule has 1 fully saturated rings. The minimum absolute atomic E-state index is 0. The summed E-state index contributed by atoms with van der Waals surface area (Å²) in [5, 5.41) is 3.47. The highest BCUT2D eigenvalue weighted by Gasteiger charge is 2.19. The fourth-order valence-electron chi connectivity index (χ4n) is 2.79. The molecule has 6 heteroatoms. The van der Waals surface area contributed by atoms with Gasteiger partial charge in [0, 0.05) is 38.6 Å². The van der Waals surface area contributed by atoms with Gasteiger partial charge in [0.05, 0.1) is 17.7 Å². The molecule has 0 bridgehead atoms. The fourth-order valence-corrected chi connectivity index (χ4v) is 3.39. The summed E-state index contributed by atoms with van der Waals surface area (Å²) in [5.74, 6) is 1.72. The third kappa shape index (κ3) is 4.25. The summed E-state index contributed by atoms with van der Waals surface area (Å²) < 4.78 is 12.5. The molecule has 21 heavy (non-hydrogen) atoms. The summed E-state index contributed by atoms with van der Waals surface area (Å²) in [6.07, 6.45) is 0.936. The Hall–Kier alpha value is -0.490. The first kappa shape index (κ1) is 16.9. The van der Waals surface area contributed by atoms with Crippen LogP contribution >= 0.6 is 28.3 Å². The van der Waals surface area contributed by atoms with E-state index in [0.29, 0.717) is 6.04 Å². The van der Waals surface area contributed by atoms with Crippen molar-refractivity contribution in [3.63, 3.8) is 0 Å². The van der Waals surface area contributed by atoms with Crippen molar-refractivity contribution in [2.75, 3.05) is 32.8 Å². The van der Waals surface area contributed by atoms with E-state index in [9.17, 15) is 0 Å². The van der Waals surface area contributed by atoms with E-state index in [2.05, 4.69) is 45.2 Å². The molecule has 0 aliphatic carbocycles. The molecule has 0 aromatic heterocycles. The van der Waals surface area contributed by atoms with E-state index < -0.39 is 0 Å². The predicted molar refractivity (Wildman–Crippen MR) is 89.7 cm³/mol. The molecule has 3 rings (SSSR count). The zero-order valence-electron chi connectivity index (χ0n) is 12.2. The average Bonchev–Trinajstić information content (AvgIpc) is 2.64. The van der Waals surface area contributed by atoms with Gasteiger partial charge < -0.3 is 14.8 Å². The van der Waals surface area contributed by atoms with Crippen LogP contribution in [-0.4, -0.2) is 43.8 Å². The molecule has 2 aliphatic heterocycles. The molecule has 0 spiro atoms. The van der Waals surface area contributed by atoms with Crippen LogP contribution in [0.5, 0.6) is 11.5 Å². The first-order chi connectivity index (χ1) is 9.72. The van der Waals surface area contributed by atoms with Crippen molar-refractivity contribution in [1.29, 1.82) is 0 Å². The third-order valence-corrected chi connectivity index (χ3v) is 4.31. The molecular formula is C15H22BrClN2O2. The molecule has 0 saturated carbocycles. The first-order valence-corrected chi connectivity index (χ1v) is 8.05. The molecule has 0 unspecified atom stereocenters. The Morgan fingerprint density at radius 1 is 1.33 bits per heavy atom. The molecule has 0 amide bonds. The zero-order valence-corrected chi connectivity index (χ0v) is 14.6. The Morgan fingerprint density at radius 2 is 2.14 bits per heavy atom. The number of nitrogens with one attached hydrogen (secondary N) is 1. The summed E-state index contributed by atoms with van der Waals surface area (Å²) in [7, 11) is 0. The molecule has 1 saturated heterocycles. The molecule has 1 N–H and O–H groups in total. The lowest BCUT2D eigenvalue weighted by molar-refractivity contribution is 0.199. The molecule has 1 aromatic rings. The third-order valence-electron chi connectivity index (χ3n) is 3.72. The predicted octanol–water partition coefficient (Wildman–Crippen LogP) is 2.83. The highest BCUT2D eigenvalue weighted by Crippen LogP contribution is 2.38. The summed E-state index contributed by atoms with van der Waals surface area (Å²) in [5.41, 5.74) is 1.27. The smallest absolute Gasteiger partial charge is 0.175 e. The highest BCUT2D eigenvalue weighted by molar-refractivity contribution is 9.10. The molecule has 1 aromatic carbocycles. The normalized spacial score (nSPS) is 22.3. The molecule has 1 atom stereocenters. The number of fused-ring (bicyclic) bond motifs is 1. The van der Waals surface area contributed by atoms with Crippen molar-refractivity contribution in [3.8, 4) is 11.5 Å².